The van der Waals surface area contributed by atoms with E-state index in [4.69, 9.17) is 4.74 Å². The Morgan fingerprint density at radius 3 is 2.57 bits per heavy atom. The third kappa shape index (κ3) is 4.89. The van der Waals surface area contributed by atoms with E-state index in [9.17, 15) is 14.9 Å². The van der Waals surface area contributed by atoms with Gasteiger partial charge in [0.2, 0.25) is 5.91 Å². The predicted molar refractivity (Wildman–Crippen MR) is 87.2 cm³/mol. The fraction of sp³-hybridized carbons (Fsp3) is 0.235. The zero-order valence-corrected chi connectivity index (χ0v) is 12.8. The molecule has 0 aliphatic carbocycles. The van der Waals surface area contributed by atoms with Gasteiger partial charge in [-0.05, 0) is 11.6 Å². The molecule has 2 aromatic rings. The van der Waals surface area contributed by atoms with Crippen LogP contribution in [0.3, 0.4) is 0 Å². The van der Waals surface area contributed by atoms with E-state index in [1.807, 2.05) is 30.3 Å². The van der Waals surface area contributed by atoms with Crippen molar-refractivity contribution in [2.45, 2.75) is 20.0 Å². The summed E-state index contributed by atoms with van der Waals surface area (Å²) < 4.78 is 5.57. The molecule has 0 fully saturated rings. The van der Waals surface area contributed by atoms with Crippen molar-refractivity contribution in [1.82, 2.24) is 0 Å². The van der Waals surface area contributed by atoms with Crippen LogP contribution in [-0.4, -0.2) is 17.4 Å². The molecule has 0 heterocycles. The van der Waals surface area contributed by atoms with Crippen LogP contribution < -0.4 is 5.32 Å². The smallest absolute Gasteiger partial charge is 0.295 e. The average Bonchev–Trinajstić information content (AvgIpc) is 2.52. The number of nitrogens with zero attached hydrogens (tertiary/aromatic N) is 1. The molecular formula is C17H18N2O4. The van der Waals surface area contributed by atoms with Crippen LogP contribution in [0.15, 0.2) is 48.5 Å². The summed E-state index contributed by atoms with van der Waals surface area (Å²) in [6, 6.07) is 14.6. The standard InChI is InChI=1S/C17H18N2O4/c1-13(20)18-16-9-5-8-15(17(16)19(21)22)10-11-23-12-14-6-3-2-4-7-14/h2-9H,10-12H2,1H3,(H,18,20). The van der Waals surface area contributed by atoms with Gasteiger partial charge in [0.25, 0.3) is 5.69 Å². The molecule has 6 nitrogen and oxygen atoms in total. The Bertz CT molecular complexity index is 686. The molecule has 0 aromatic heterocycles. The lowest BCUT2D eigenvalue weighted by atomic mass is 10.1. The number of nitrogens with one attached hydrogen (secondary N) is 1. The van der Waals surface area contributed by atoms with Crippen LogP contribution in [0.1, 0.15) is 18.1 Å². The molecule has 0 saturated carbocycles. The highest BCUT2D eigenvalue weighted by atomic mass is 16.6. The normalized spacial score (nSPS) is 10.3. The summed E-state index contributed by atoms with van der Waals surface area (Å²) in [6.45, 7) is 2.14. The number of nitro benzene ring substituents is 1. The van der Waals surface area contributed by atoms with Crippen molar-refractivity contribution in [2.75, 3.05) is 11.9 Å². The van der Waals surface area contributed by atoms with Crippen LogP contribution >= 0.6 is 0 Å². The highest BCUT2D eigenvalue weighted by molar-refractivity contribution is 5.91. The van der Waals surface area contributed by atoms with Crippen LogP contribution in [0.2, 0.25) is 0 Å². The fourth-order valence-corrected chi connectivity index (χ4v) is 2.25. The second kappa shape index (κ2) is 8.05. The summed E-state index contributed by atoms with van der Waals surface area (Å²) in [6.07, 6.45) is 0.399. The molecule has 0 saturated heterocycles. The van der Waals surface area contributed by atoms with E-state index in [-0.39, 0.29) is 17.3 Å². The van der Waals surface area contributed by atoms with E-state index in [2.05, 4.69) is 5.32 Å². The van der Waals surface area contributed by atoms with E-state index in [0.717, 1.165) is 5.56 Å². The molecular weight excluding hydrogens is 296 g/mol. The van der Waals surface area contributed by atoms with Gasteiger partial charge in [0.15, 0.2) is 0 Å². The number of para-hydroxylation sites is 1. The molecule has 0 bridgehead atoms. The molecule has 2 aromatic carbocycles. The fourth-order valence-electron chi connectivity index (χ4n) is 2.25. The maximum absolute atomic E-state index is 11.3. The topological polar surface area (TPSA) is 81.5 Å². The zero-order chi connectivity index (χ0) is 16.7. The number of nitro groups is 1. The first kappa shape index (κ1) is 16.6. The summed E-state index contributed by atoms with van der Waals surface area (Å²) in [5, 5.41) is 13.8. The maximum Gasteiger partial charge on any atom is 0.295 e. The molecule has 2 rings (SSSR count). The summed E-state index contributed by atoms with van der Waals surface area (Å²) in [7, 11) is 0. The van der Waals surface area contributed by atoms with E-state index in [0.29, 0.717) is 25.2 Å². The minimum Gasteiger partial charge on any atom is -0.376 e. The van der Waals surface area contributed by atoms with E-state index in [1.165, 1.54) is 13.0 Å². The molecule has 1 amide bonds. The second-order valence-electron chi connectivity index (χ2n) is 5.04. The SMILES string of the molecule is CC(=O)Nc1cccc(CCOCc2ccccc2)c1[N+](=O)[O-]. The van der Waals surface area contributed by atoms with Gasteiger partial charge in [0.05, 0.1) is 18.1 Å². The molecule has 0 aliphatic rings. The molecule has 0 atom stereocenters. The van der Waals surface area contributed by atoms with Gasteiger partial charge in [-0.3, -0.25) is 14.9 Å². The third-order valence-electron chi connectivity index (χ3n) is 3.24. The van der Waals surface area contributed by atoms with E-state index >= 15 is 0 Å². The number of hydrogen-bond acceptors (Lipinski definition) is 4. The Kier molecular flexibility index (Phi) is 5.82. The minimum atomic E-state index is -0.474. The van der Waals surface area contributed by atoms with Gasteiger partial charge in [-0.1, -0.05) is 42.5 Å². The molecule has 6 heteroatoms. The Morgan fingerprint density at radius 1 is 1.17 bits per heavy atom. The van der Waals surface area contributed by atoms with Gasteiger partial charge < -0.3 is 10.1 Å². The monoisotopic (exact) mass is 314 g/mol. The predicted octanol–water partition coefficient (Wildman–Crippen LogP) is 3.31. The summed E-state index contributed by atoms with van der Waals surface area (Å²) in [5.41, 5.74) is 1.72. The molecule has 0 unspecified atom stereocenters. The lowest BCUT2D eigenvalue weighted by Gasteiger charge is -2.09. The van der Waals surface area contributed by atoms with E-state index in [1.54, 1.807) is 12.1 Å². The van der Waals surface area contributed by atoms with Gasteiger partial charge in [0.1, 0.15) is 5.69 Å². The zero-order valence-electron chi connectivity index (χ0n) is 12.8. The third-order valence-corrected chi connectivity index (χ3v) is 3.24. The summed E-state index contributed by atoms with van der Waals surface area (Å²) >= 11 is 0. The van der Waals surface area contributed by atoms with Crippen molar-refractivity contribution in [3.05, 3.63) is 69.8 Å². The van der Waals surface area contributed by atoms with Gasteiger partial charge in [0, 0.05) is 18.9 Å². The van der Waals surface area contributed by atoms with Crippen molar-refractivity contribution in [1.29, 1.82) is 0 Å². The van der Waals surface area contributed by atoms with Gasteiger partial charge in [-0.25, -0.2) is 0 Å². The molecule has 0 radical (unpaired) electrons. The van der Waals surface area contributed by atoms with Crippen LogP contribution in [0.5, 0.6) is 0 Å². The van der Waals surface area contributed by atoms with Crippen LogP contribution in [0.4, 0.5) is 11.4 Å². The number of hydrogen-bond donors (Lipinski definition) is 1. The van der Waals surface area contributed by atoms with Crippen molar-refractivity contribution < 1.29 is 14.5 Å². The highest BCUT2D eigenvalue weighted by Crippen LogP contribution is 2.29. The minimum absolute atomic E-state index is 0.0778. The first-order chi connectivity index (χ1) is 11.1. The summed E-state index contributed by atoms with van der Waals surface area (Å²) in [4.78, 5) is 22.0. The van der Waals surface area contributed by atoms with Gasteiger partial charge >= 0.3 is 0 Å². The first-order valence-corrected chi connectivity index (χ1v) is 7.23. The molecule has 0 spiro atoms. The van der Waals surface area contributed by atoms with Crippen molar-refractivity contribution in [3.63, 3.8) is 0 Å². The van der Waals surface area contributed by atoms with Gasteiger partial charge in [-0.2, -0.15) is 0 Å². The van der Waals surface area contributed by atoms with Crippen molar-refractivity contribution >= 4 is 17.3 Å². The number of ether oxygens (including phenoxy) is 1. The maximum atomic E-state index is 11.3. The number of carbonyl (C=O) groups excluding carboxylic acids is 1. The Labute approximate surface area is 134 Å². The first-order valence-electron chi connectivity index (χ1n) is 7.23. The lowest BCUT2D eigenvalue weighted by molar-refractivity contribution is -0.384. The highest BCUT2D eigenvalue weighted by Gasteiger charge is 2.19. The van der Waals surface area contributed by atoms with Crippen molar-refractivity contribution in [2.24, 2.45) is 0 Å². The molecule has 23 heavy (non-hydrogen) atoms. The van der Waals surface area contributed by atoms with Gasteiger partial charge in [-0.15, -0.1) is 0 Å². The largest absolute Gasteiger partial charge is 0.376 e. The Balaban J connectivity index is 2.01. The van der Waals surface area contributed by atoms with Crippen LogP contribution in [0.25, 0.3) is 0 Å². The number of anilines is 1. The quantitative estimate of drug-likeness (QED) is 0.483. The number of rotatable bonds is 7. The second-order valence-corrected chi connectivity index (χ2v) is 5.04. The van der Waals surface area contributed by atoms with Crippen LogP contribution in [-0.2, 0) is 22.6 Å². The number of carbonyl (C=O) groups is 1. The average molecular weight is 314 g/mol. The van der Waals surface area contributed by atoms with Crippen LogP contribution in [0, 0.1) is 10.1 Å². The Morgan fingerprint density at radius 2 is 1.91 bits per heavy atom. The molecule has 1 N–H and O–H groups in total. The summed E-state index contributed by atoms with van der Waals surface area (Å²) in [5.74, 6) is -0.342. The molecule has 0 aliphatic heterocycles. The van der Waals surface area contributed by atoms with Crippen molar-refractivity contribution in [3.8, 4) is 0 Å². The Hall–Kier alpha value is -2.73. The number of amides is 1. The molecule has 120 valence electrons. The number of benzene rings is 2. The van der Waals surface area contributed by atoms with E-state index < -0.39 is 4.92 Å². The lowest BCUT2D eigenvalue weighted by Crippen LogP contribution is -2.10.